The van der Waals surface area contributed by atoms with Gasteiger partial charge in [0, 0.05) is 6.04 Å². The van der Waals surface area contributed by atoms with Crippen molar-refractivity contribution in [2.75, 3.05) is 6.54 Å². The van der Waals surface area contributed by atoms with Crippen LogP contribution in [0.5, 0.6) is 0 Å². The van der Waals surface area contributed by atoms with Crippen molar-refractivity contribution in [1.82, 2.24) is 10.6 Å². The summed E-state index contributed by atoms with van der Waals surface area (Å²) in [6.45, 7) is 4.49. The number of hydrogen-bond acceptors (Lipinski definition) is 3. The zero-order valence-electron chi connectivity index (χ0n) is 11.4. The standard InChI is InChI=1S/C14H20N2O2S/c1-14(2)6-5-10(8-14)16-12(17)9-15-13(18)11-4-3-7-19-11/h3-4,7,10H,5-6,8-9H2,1-2H3,(H,15,18)(H,16,17). The third-order valence-corrected chi connectivity index (χ3v) is 4.36. The van der Waals surface area contributed by atoms with Gasteiger partial charge in [-0.2, -0.15) is 0 Å². The number of hydrogen-bond donors (Lipinski definition) is 2. The van der Waals surface area contributed by atoms with E-state index < -0.39 is 0 Å². The monoisotopic (exact) mass is 280 g/mol. The van der Waals surface area contributed by atoms with Crippen LogP contribution in [0, 0.1) is 5.41 Å². The van der Waals surface area contributed by atoms with Gasteiger partial charge in [0.2, 0.25) is 5.91 Å². The van der Waals surface area contributed by atoms with E-state index in [0.29, 0.717) is 10.3 Å². The highest BCUT2D eigenvalue weighted by atomic mass is 32.1. The molecule has 1 aliphatic carbocycles. The van der Waals surface area contributed by atoms with Gasteiger partial charge in [0.25, 0.3) is 5.91 Å². The van der Waals surface area contributed by atoms with Crippen LogP contribution >= 0.6 is 11.3 Å². The van der Waals surface area contributed by atoms with Crippen molar-refractivity contribution in [3.8, 4) is 0 Å². The molecule has 19 heavy (non-hydrogen) atoms. The molecule has 1 fully saturated rings. The summed E-state index contributed by atoms with van der Waals surface area (Å²) in [5.41, 5.74) is 0.318. The summed E-state index contributed by atoms with van der Waals surface area (Å²) < 4.78 is 0. The van der Waals surface area contributed by atoms with Crippen molar-refractivity contribution in [1.29, 1.82) is 0 Å². The van der Waals surface area contributed by atoms with Gasteiger partial charge in [-0.15, -0.1) is 11.3 Å². The number of amides is 2. The maximum Gasteiger partial charge on any atom is 0.261 e. The number of carbonyl (C=O) groups excluding carboxylic acids is 2. The fourth-order valence-electron chi connectivity index (χ4n) is 2.49. The maximum absolute atomic E-state index is 11.8. The van der Waals surface area contributed by atoms with Gasteiger partial charge in [-0.3, -0.25) is 9.59 Å². The van der Waals surface area contributed by atoms with E-state index in [-0.39, 0.29) is 24.4 Å². The van der Waals surface area contributed by atoms with Crippen LogP contribution in [-0.4, -0.2) is 24.4 Å². The number of carbonyl (C=O) groups is 2. The lowest BCUT2D eigenvalue weighted by atomic mass is 9.92. The molecule has 0 aliphatic heterocycles. The van der Waals surface area contributed by atoms with Crippen molar-refractivity contribution in [2.24, 2.45) is 5.41 Å². The van der Waals surface area contributed by atoms with Gasteiger partial charge in [0.05, 0.1) is 11.4 Å². The predicted molar refractivity (Wildman–Crippen MR) is 76.2 cm³/mol. The van der Waals surface area contributed by atoms with Crippen LogP contribution in [0.3, 0.4) is 0 Å². The zero-order valence-corrected chi connectivity index (χ0v) is 12.2. The van der Waals surface area contributed by atoms with Crippen molar-refractivity contribution in [2.45, 2.75) is 39.2 Å². The largest absolute Gasteiger partial charge is 0.352 e. The topological polar surface area (TPSA) is 58.2 Å². The van der Waals surface area contributed by atoms with Crippen LogP contribution in [0.4, 0.5) is 0 Å². The first kappa shape index (κ1) is 14.1. The fourth-order valence-corrected chi connectivity index (χ4v) is 3.13. The zero-order chi connectivity index (χ0) is 13.9. The summed E-state index contributed by atoms with van der Waals surface area (Å²) in [6.07, 6.45) is 3.18. The Morgan fingerprint density at radius 3 is 2.84 bits per heavy atom. The summed E-state index contributed by atoms with van der Waals surface area (Å²) in [4.78, 5) is 24.1. The van der Waals surface area contributed by atoms with Gasteiger partial charge in [-0.25, -0.2) is 0 Å². The quantitative estimate of drug-likeness (QED) is 0.888. The second kappa shape index (κ2) is 5.74. The van der Waals surface area contributed by atoms with E-state index in [2.05, 4.69) is 24.5 Å². The number of rotatable bonds is 4. The van der Waals surface area contributed by atoms with Gasteiger partial charge in [0.15, 0.2) is 0 Å². The Kier molecular flexibility index (Phi) is 4.24. The molecule has 2 N–H and O–H groups in total. The molecule has 0 aromatic carbocycles. The van der Waals surface area contributed by atoms with E-state index >= 15 is 0 Å². The Labute approximate surface area is 117 Å². The lowest BCUT2D eigenvalue weighted by molar-refractivity contribution is -0.120. The van der Waals surface area contributed by atoms with Gasteiger partial charge in [0.1, 0.15) is 0 Å². The lowest BCUT2D eigenvalue weighted by Gasteiger charge is -2.17. The SMILES string of the molecule is CC1(C)CCC(NC(=O)CNC(=O)c2cccs2)C1. The molecular formula is C14H20N2O2S. The summed E-state index contributed by atoms with van der Waals surface area (Å²) in [7, 11) is 0. The minimum Gasteiger partial charge on any atom is -0.352 e. The minimum absolute atomic E-state index is 0.0493. The Hall–Kier alpha value is -1.36. The molecular weight excluding hydrogens is 260 g/mol. The molecule has 1 aromatic heterocycles. The normalized spacial score (nSPS) is 21.1. The van der Waals surface area contributed by atoms with E-state index in [1.807, 2.05) is 11.4 Å². The lowest BCUT2D eigenvalue weighted by Crippen LogP contribution is -2.41. The van der Waals surface area contributed by atoms with Crippen LogP contribution in [-0.2, 0) is 4.79 Å². The molecule has 0 radical (unpaired) electrons. The second-order valence-corrected chi connectivity index (χ2v) is 6.78. The van der Waals surface area contributed by atoms with E-state index in [1.54, 1.807) is 6.07 Å². The molecule has 4 nitrogen and oxygen atoms in total. The first-order chi connectivity index (χ1) is 8.96. The summed E-state index contributed by atoms with van der Waals surface area (Å²) in [5, 5.41) is 7.47. The molecule has 0 bridgehead atoms. The van der Waals surface area contributed by atoms with Gasteiger partial charge in [-0.1, -0.05) is 19.9 Å². The Bertz CT molecular complexity index is 454. The second-order valence-electron chi connectivity index (χ2n) is 5.83. The van der Waals surface area contributed by atoms with Gasteiger partial charge >= 0.3 is 0 Å². The molecule has 1 saturated carbocycles. The first-order valence-electron chi connectivity index (χ1n) is 6.57. The van der Waals surface area contributed by atoms with Gasteiger partial charge in [-0.05, 0) is 36.1 Å². The predicted octanol–water partition coefficient (Wildman–Crippen LogP) is 2.17. The number of nitrogens with one attached hydrogen (secondary N) is 2. The summed E-state index contributed by atoms with van der Waals surface area (Å²) in [5.74, 6) is -0.287. The molecule has 0 saturated heterocycles. The van der Waals surface area contributed by atoms with Crippen LogP contribution in [0.2, 0.25) is 0 Å². The Morgan fingerprint density at radius 2 is 2.26 bits per heavy atom. The molecule has 104 valence electrons. The van der Waals surface area contributed by atoms with Crippen LogP contribution < -0.4 is 10.6 Å². The highest BCUT2D eigenvalue weighted by Gasteiger charge is 2.31. The number of thiophene rings is 1. The Morgan fingerprint density at radius 1 is 1.47 bits per heavy atom. The van der Waals surface area contributed by atoms with Crippen molar-refractivity contribution in [3.63, 3.8) is 0 Å². The third kappa shape index (κ3) is 4.06. The van der Waals surface area contributed by atoms with Crippen LogP contribution in [0.25, 0.3) is 0 Å². The Balaban J connectivity index is 1.72. The average Bonchev–Trinajstić information content (AvgIpc) is 2.96. The summed E-state index contributed by atoms with van der Waals surface area (Å²) >= 11 is 1.37. The van der Waals surface area contributed by atoms with Crippen LogP contribution in [0.15, 0.2) is 17.5 Å². The van der Waals surface area contributed by atoms with Gasteiger partial charge < -0.3 is 10.6 Å². The summed E-state index contributed by atoms with van der Waals surface area (Å²) in [6, 6.07) is 3.82. The van der Waals surface area contributed by atoms with Crippen LogP contribution in [0.1, 0.15) is 42.8 Å². The third-order valence-electron chi connectivity index (χ3n) is 3.49. The highest BCUT2D eigenvalue weighted by Crippen LogP contribution is 2.36. The van der Waals surface area contributed by atoms with E-state index in [9.17, 15) is 9.59 Å². The van der Waals surface area contributed by atoms with E-state index in [4.69, 9.17) is 0 Å². The van der Waals surface area contributed by atoms with E-state index in [1.165, 1.54) is 11.3 Å². The molecule has 5 heteroatoms. The molecule has 1 heterocycles. The first-order valence-corrected chi connectivity index (χ1v) is 7.45. The van der Waals surface area contributed by atoms with E-state index in [0.717, 1.165) is 19.3 Å². The molecule has 1 aliphatic rings. The smallest absolute Gasteiger partial charge is 0.261 e. The average molecular weight is 280 g/mol. The fraction of sp³-hybridized carbons (Fsp3) is 0.571. The van der Waals surface area contributed by atoms with Crippen molar-refractivity contribution < 1.29 is 9.59 Å². The molecule has 1 aromatic rings. The van der Waals surface area contributed by atoms with Crippen molar-refractivity contribution >= 4 is 23.2 Å². The van der Waals surface area contributed by atoms with Crippen molar-refractivity contribution in [3.05, 3.63) is 22.4 Å². The minimum atomic E-state index is -0.183. The highest BCUT2D eigenvalue weighted by molar-refractivity contribution is 7.12. The molecule has 2 amide bonds. The molecule has 1 atom stereocenters. The maximum atomic E-state index is 11.8. The molecule has 1 unspecified atom stereocenters. The molecule has 2 rings (SSSR count). The molecule has 0 spiro atoms.